The first-order valence-corrected chi connectivity index (χ1v) is 6.33. The van der Waals surface area contributed by atoms with E-state index in [1.54, 1.807) is 0 Å². The molecule has 0 fully saturated rings. The molecule has 4 nitrogen and oxygen atoms in total. The molecule has 118 valence electrons. The zero-order chi connectivity index (χ0) is 16.4. The van der Waals surface area contributed by atoms with E-state index in [4.69, 9.17) is 0 Å². The fraction of sp³-hybridized carbons (Fsp3) is 0.500. The van der Waals surface area contributed by atoms with Crippen LogP contribution in [-0.4, -0.2) is 42.2 Å². The first kappa shape index (κ1) is 17.3. The van der Waals surface area contributed by atoms with E-state index in [1.807, 2.05) is 0 Å². The molecule has 0 aliphatic rings. The molecular weight excluding hydrogens is 285 g/mol. The van der Waals surface area contributed by atoms with Crippen LogP contribution in [0.4, 0.5) is 18.9 Å². The number of benzene rings is 1. The van der Waals surface area contributed by atoms with Crippen molar-refractivity contribution in [2.45, 2.75) is 25.6 Å². The molecule has 21 heavy (non-hydrogen) atoms. The minimum atomic E-state index is -4.55. The molecule has 0 radical (unpaired) electrons. The quantitative estimate of drug-likeness (QED) is 0.899. The molecule has 1 amide bonds. The number of nitrogens with zero attached hydrogens (tertiary/aromatic N) is 1. The number of rotatable bonds is 4. The third-order valence-electron chi connectivity index (χ3n) is 2.82. The number of halogens is 3. The maximum absolute atomic E-state index is 12.9. The molecule has 0 unspecified atom stereocenters. The Balaban J connectivity index is 3.22. The second-order valence-corrected chi connectivity index (χ2v) is 5.45. The summed E-state index contributed by atoms with van der Waals surface area (Å²) in [5.41, 5.74) is -2.38. The molecule has 0 aromatic heterocycles. The summed E-state index contributed by atoms with van der Waals surface area (Å²) in [5.74, 6) is -0.590. The average molecular weight is 304 g/mol. The van der Waals surface area contributed by atoms with Crippen molar-refractivity contribution in [3.63, 3.8) is 0 Å². The minimum absolute atomic E-state index is 0.00519. The van der Waals surface area contributed by atoms with Gasteiger partial charge in [0.1, 0.15) is 0 Å². The Kier molecular flexibility index (Phi) is 4.88. The first-order chi connectivity index (χ1) is 9.47. The van der Waals surface area contributed by atoms with Crippen molar-refractivity contribution in [1.29, 1.82) is 0 Å². The highest BCUT2D eigenvalue weighted by atomic mass is 19.4. The number of nitrogens with one attached hydrogen (secondary N) is 1. The van der Waals surface area contributed by atoms with Gasteiger partial charge in [-0.1, -0.05) is 6.07 Å². The lowest BCUT2D eigenvalue weighted by Gasteiger charge is -2.26. The molecule has 0 atom stereocenters. The highest BCUT2D eigenvalue weighted by Gasteiger charge is 2.35. The maximum atomic E-state index is 12.9. The van der Waals surface area contributed by atoms with E-state index in [-0.39, 0.29) is 17.8 Å². The molecule has 0 aliphatic carbocycles. The summed E-state index contributed by atoms with van der Waals surface area (Å²) in [7, 11) is 2.76. The number of carbonyl (C=O) groups is 1. The Labute approximate surface area is 121 Å². The van der Waals surface area contributed by atoms with Crippen LogP contribution in [0.3, 0.4) is 0 Å². The Bertz CT molecular complexity index is 522. The number of anilines is 1. The van der Waals surface area contributed by atoms with Crippen LogP contribution in [0, 0.1) is 0 Å². The van der Waals surface area contributed by atoms with Crippen LogP contribution in [0.2, 0.25) is 0 Å². The summed E-state index contributed by atoms with van der Waals surface area (Å²) in [6.07, 6.45) is -4.55. The lowest BCUT2D eigenvalue weighted by molar-refractivity contribution is -0.137. The largest absolute Gasteiger partial charge is 0.418 e. The van der Waals surface area contributed by atoms with E-state index in [2.05, 4.69) is 5.32 Å². The fourth-order valence-corrected chi connectivity index (χ4v) is 2.09. The van der Waals surface area contributed by atoms with Gasteiger partial charge in [-0.15, -0.1) is 0 Å². The number of hydrogen-bond donors (Lipinski definition) is 2. The number of hydrogen-bond acceptors (Lipinski definition) is 3. The predicted octanol–water partition coefficient (Wildman–Crippen LogP) is 2.59. The van der Waals surface area contributed by atoms with Crippen LogP contribution in [0.25, 0.3) is 0 Å². The third-order valence-corrected chi connectivity index (χ3v) is 2.82. The van der Waals surface area contributed by atoms with Gasteiger partial charge in [0.15, 0.2) is 0 Å². The normalized spacial score (nSPS) is 12.2. The Hall–Kier alpha value is -1.76. The Morgan fingerprint density at radius 3 is 2.33 bits per heavy atom. The molecule has 1 aromatic rings. The molecule has 1 aromatic carbocycles. The van der Waals surface area contributed by atoms with E-state index >= 15 is 0 Å². The van der Waals surface area contributed by atoms with Crippen LogP contribution in [0.5, 0.6) is 0 Å². The fourth-order valence-electron chi connectivity index (χ4n) is 2.09. The highest BCUT2D eigenvalue weighted by molar-refractivity contribution is 6.00. The molecule has 7 heteroatoms. The molecular formula is C14H19F3N2O2. The molecule has 0 spiro atoms. The average Bonchev–Trinajstić information content (AvgIpc) is 2.33. The van der Waals surface area contributed by atoms with Gasteiger partial charge < -0.3 is 15.3 Å². The summed E-state index contributed by atoms with van der Waals surface area (Å²) in [4.78, 5) is 13.5. The standard InChI is InChI=1S/C14H19F3N2O2/c1-13(2,21)8-19(4)12(20)9-6-5-7-10(11(9)18-3)14(15,16)17/h5-7,18,21H,8H2,1-4H3. The first-order valence-electron chi connectivity index (χ1n) is 6.33. The zero-order valence-corrected chi connectivity index (χ0v) is 12.4. The predicted molar refractivity (Wildman–Crippen MR) is 74.2 cm³/mol. The number of likely N-dealkylation sites (N-methyl/N-ethyl adjacent to an activating group) is 1. The molecule has 0 saturated carbocycles. The van der Waals surface area contributed by atoms with Gasteiger partial charge in [0.2, 0.25) is 0 Å². The SMILES string of the molecule is CNc1c(C(=O)N(C)CC(C)(C)O)cccc1C(F)(F)F. The monoisotopic (exact) mass is 304 g/mol. The number of para-hydroxylation sites is 1. The summed E-state index contributed by atoms with van der Waals surface area (Å²) >= 11 is 0. The molecule has 0 bridgehead atoms. The molecule has 1 rings (SSSR count). The Morgan fingerprint density at radius 2 is 1.90 bits per heavy atom. The van der Waals surface area contributed by atoms with Crippen LogP contribution in [0.1, 0.15) is 29.8 Å². The smallest absolute Gasteiger partial charge is 0.389 e. The van der Waals surface area contributed by atoms with Gasteiger partial charge in [0.05, 0.1) is 22.4 Å². The van der Waals surface area contributed by atoms with Crippen molar-refractivity contribution in [2.24, 2.45) is 0 Å². The Morgan fingerprint density at radius 1 is 1.33 bits per heavy atom. The second kappa shape index (κ2) is 5.93. The van der Waals surface area contributed by atoms with Gasteiger partial charge in [-0.05, 0) is 26.0 Å². The van der Waals surface area contributed by atoms with Gasteiger partial charge >= 0.3 is 6.18 Å². The van der Waals surface area contributed by atoms with Crippen molar-refractivity contribution in [3.8, 4) is 0 Å². The van der Waals surface area contributed by atoms with Crippen LogP contribution in [-0.2, 0) is 6.18 Å². The van der Waals surface area contributed by atoms with Crippen molar-refractivity contribution in [1.82, 2.24) is 4.90 Å². The summed E-state index contributed by atoms with van der Waals surface area (Å²) in [6.45, 7) is 3.04. The highest BCUT2D eigenvalue weighted by Crippen LogP contribution is 2.36. The van der Waals surface area contributed by atoms with Gasteiger partial charge in [0, 0.05) is 20.6 Å². The van der Waals surface area contributed by atoms with Gasteiger partial charge in [-0.3, -0.25) is 4.79 Å². The third kappa shape index (κ3) is 4.35. The summed E-state index contributed by atoms with van der Waals surface area (Å²) < 4.78 is 38.8. The summed E-state index contributed by atoms with van der Waals surface area (Å²) in [5, 5.41) is 12.1. The van der Waals surface area contributed by atoms with Gasteiger partial charge in [0.25, 0.3) is 5.91 Å². The maximum Gasteiger partial charge on any atom is 0.418 e. The van der Waals surface area contributed by atoms with E-state index in [9.17, 15) is 23.1 Å². The minimum Gasteiger partial charge on any atom is -0.389 e. The molecule has 0 aliphatic heterocycles. The topological polar surface area (TPSA) is 52.6 Å². The second-order valence-electron chi connectivity index (χ2n) is 5.45. The number of alkyl halides is 3. The lowest BCUT2D eigenvalue weighted by atomic mass is 10.0. The van der Waals surface area contributed by atoms with E-state index in [0.717, 1.165) is 6.07 Å². The number of aliphatic hydroxyl groups is 1. The molecule has 2 N–H and O–H groups in total. The van der Waals surface area contributed by atoms with Gasteiger partial charge in [-0.25, -0.2) is 0 Å². The zero-order valence-electron chi connectivity index (χ0n) is 12.4. The van der Waals surface area contributed by atoms with Crippen LogP contribution < -0.4 is 5.32 Å². The van der Waals surface area contributed by atoms with Crippen LogP contribution in [0.15, 0.2) is 18.2 Å². The van der Waals surface area contributed by atoms with Crippen molar-refractivity contribution >= 4 is 11.6 Å². The van der Waals surface area contributed by atoms with Crippen LogP contribution >= 0.6 is 0 Å². The lowest BCUT2D eigenvalue weighted by Crippen LogP contribution is -2.40. The molecule has 0 saturated heterocycles. The van der Waals surface area contributed by atoms with E-state index in [0.29, 0.717) is 0 Å². The van der Waals surface area contributed by atoms with Crippen molar-refractivity contribution < 1.29 is 23.1 Å². The van der Waals surface area contributed by atoms with Crippen molar-refractivity contribution in [3.05, 3.63) is 29.3 Å². The van der Waals surface area contributed by atoms with Crippen molar-refractivity contribution in [2.75, 3.05) is 26.0 Å². The summed E-state index contributed by atoms with van der Waals surface area (Å²) in [6, 6.07) is 3.43. The molecule has 0 heterocycles. The number of amides is 1. The van der Waals surface area contributed by atoms with Gasteiger partial charge in [-0.2, -0.15) is 13.2 Å². The van der Waals surface area contributed by atoms with E-state index < -0.39 is 23.2 Å². The van der Waals surface area contributed by atoms with E-state index in [1.165, 1.54) is 45.0 Å². The number of carbonyl (C=O) groups excluding carboxylic acids is 1.